The van der Waals surface area contributed by atoms with Crippen LogP contribution < -0.4 is 0 Å². The van der Waals surface area contributed by atoms with Crippen LogP contribution in [0.3, 0.4) is 0 Å². The van der Waals surface area contributed by atoms with Gasteiger partial charge < -0.3 is 24.1 Å². The van der Waals surface area contributed by atoms with Crippen LogP contribution in [0.25, 0.3) is 10.4 Å². The molecule has 4 aromatic rings. The fraction of sp³-hybridized carbons (Fsp3) is 0.294. The molecule has 0 bridgehead atoms. The van der Waals surface area contributed by atoms with Crippen LogP contribution in [0, 0.1) is 0 Å². The molecular weight excluding hydrogens is 530 g/mol. The highest BCUT2D eigenvalue weighted by Crippen LogP contribution is 2.37. The molecule has 216 valence electrons. The van der Waals surface area contributed by atoms with Gasteiger partial charge in [-0.05, 0) is 27.8 Å². The molecule has 0 spiro atoms. The number of hydrogen-bond donors (Lipinski definition) is 1. The summed E-state index contributed by atoms with van der Waals surface area (Å²) in [7, 11) is 0. The number of aliphatic hydroxyl groups excluding tert-OH is 1. The van der Waals surface area contributed by atoms with E-state index in [1.807, 2.05) is 121 Å². The van der Waals surface area contributed by atoms with Gasteiger partial charge in [0.15, 0.2) is 0 Å². The van der Waals surface area contributed by atoms with E-state index in [-0.39, 0.29) is 13.2 Å². The summed E-state index contributed by atoms with van der Waals surface area (Å²) in [6.45, 7) is 0.559. The van der Waals surface area contributed by atoms with Crippen LogP contribution in [0.5, 0.6) is 0 Å². The summed E-state index contributed by atoms with van der Waals surface area (Å²) in [5, 5.41) is 14.7. The van der Waals surface area contributed by atoms with Crippen LogP contribution in [0.2, 0.25) is 0 Å². The van der Waals surface area contributed by atoms with Gasteiger partial charge >= 0.3 is 0 Å². The van der Waals surface area contributed by atoms with Gasteiger partial charge in [-0.3, -0.25) is 0 Å². The average Bonchev–Trinajstić information content (AvgIpc) is 3.06. The van der Waals surface area contributed by atoms with E-state index in [1.54, 1.807) is 0 Å². The van der Waals surface area contributed by atoms with Crippen LogP contribution >= 0.6 is 0 Å². The summed E-state index contributed by atoms with van der Waals surface area (Å²) in [6.07, 6.45) is -3.54. The highest BCUT2D eigenvalue weighted by atomic mass is 16.6. The van der Waals surface area contributed by atoms with Crippen molar-refractivity contribution in [3.63, 3.8) is 0 Å². The Bertz CT molecular complexity index is 1390. The van der Waals surface area contributed by atoms with Gasteiger partial charge in [0.2, 0.25) is 0 Å². The Balaban J connectivity index is 1.52. The van der Waals surface area contributed by atoms with Crippen molar-refractivity contribution in [3.8, 4) is 0 Å². The molecule has 0 aliphatic carbocycles. The molecule has 1 aliphatic rings. The molecule has 0 radical (unpaired) electrons. The van der Waals surface area contributed by atoms with E-state index in [1.165, 1.54) is 0 Å². The zero-order valence-corrected chi connectivity index (χ0v) is 23.3. The summed E-state index contributed by atoms with van der Waals surface area (Å²) >= 11 is 0. The third kappa shape index (κ3) is 7.63. The number of hydrogen-bond acceptors (Lipinski definition) is 6. The SMILES string of the molecule is [N-]=[N+]=N[C@@H](c1ccccc1)C1O[C@H](CO)[C@@H](OCc2ccccc2)[C@H](OCc2ccccc2)[C@H]1OCc1ccccc1. The van der Waals surface area contributed by atoms with Crippen molar-refractivity contribution >= 4 is 0 Å². The van der Waals surface area contributed by atoms with Crippen LogP contribution in [-0.4, -0.2) is 42.2 Å². The van der Waals surface area contributed by atoms with Crippen molar-refractivity contribution < 1.29 is 24.1 Å². The number of rotatable bonds is 13. The van der Waals surface area contributed by atoms with Gasteiger partial charge in [0.1, 0.15) is 24.4 Å². The minimum Gasteiger partial charge on any atom is -0.394 e. The normalized spacial score (nSPS) is 22.6. The molecule has 5 rings (SSSR count). The van der Waals surface area contributed by atoms with Gasteiger partial charge in [0.25, 0.3) is 0 Å². The van der Waals surface area contributed by atoms with Crippen molar-refractivity contribution in [3.05, 3.63) is 154 Å². The monoisotopic (exact) mass is 565 g/mol. The first-order chi connectivity index (χ1) is 20.8. The van der Waals surface area contributed by atoms with Crippen LogP contribution in [0.1, 0.15) is 28.3 Å². The van der Waals surface area contributed by atoms with E-state index < -0.39 is 36.6 Å². The first-order valence-corrected chi connectivity index (χ1v) is 14.1. The summed E-state index contributed by atoms with van der Waals surface area (Å²) < 4.78 is 26.2. The lowest BCUT2D eigenvalue weighted by molar-refractivity contribution is -0.273. The Morgan fingerprint density at radius 3 is 1.52 bits per heavy atom. The highest BCUT2D eigenvalue weighted by Gasteiger charge is 2.50. The zero-order valence-electron chi connectivity index (χ0n) is 23.3. The van der Waals surface area contributed by atoms with Crippen LogP contribution in [0.4, 0.5) is 0 Å². The minimum absolute atomic E-state index is 0.281. The zero-order chi connectivity index (χ0) is 29.0. The van der Waals surface area contributed by atoms with E-state index in [9.17, 15) is 10.6 Å². The molecule has 0 amide bonds. The van der Waals surface area contributed by atoms with E-state index in [4.69, 9.17) is 18.9 Å². The predicted molar refractivity (Wildman–Crippen MR) is 159 cm³/mol. The van der Waals surface area contributed by atoms with Crippen molar-refractivity contribution in [1.82, 2.24) is 0 Å². The lowest BCUT2D eigenvalue weighted by atomic mass is 9.88. The maximum atomic E-state index is 10.6. The third-order valence-electron chi connectivity index (χ3n) is 7.33. The van der Waals surface area contributed by atoms with Crippen molar-refractivity contribution in [2.45, 2.75) is 56.4 Å². The lowest BCUT2D eigenvalue weighted by Crippen LogP contribution is -2.62. The smallest absolute Gasteiger partial charge is 0.115 e. The van der Waals surface area contributed by atoms with Gasteiger partial charge in [-0.1, -0.05) is 126 Å². The summed E-state index contributed by atoms with van der Waals surface area (Å²) in [4.78, 5) is 3.16. The second-order valence-electron chi connectivity index (χ2n) is 10.2. The molecule has 4 aromatic carbocycles. The van der Waals surface area contributed by atoms with Gasteiger partial charge in [-0.15, -0.1) is 0 Å². The first kappa shape index (κ1) is 29.5. The number of ether oxygens (including phenoxy) is 4. The van der Waals surface area contributed by atoms with Gasteiger partial charge in [-0.25, -0.2) is 0 Å². The molecule has 1 heterocycles. The second-order valence-corrected chi connectivity index (χ2v) is 10.2. The minimum atomic E-state index is -0.762. The average molecular weight is 566 g/mol. The predicted octanol–water partition coefficient (Wildman–Crippen LogP) is 6.55. The molecule has 0 aromatic heterocycles. The van der Waals surface area contributed by atoms with E-state index >= 15 is 0 Å². The molecule has 1 aliphatic heterocycles. The summed E-state index contributed by atoms with van der Waals surface area (Å²) in [6, 6.07) is 38.2. The Hall–Kier alpha value is -4.01. The Morgan fingerprint density at radius 2 is 1.07 bits per heavy atom. The van der Waals surface area contributed by atoms with E-state index in [2.05, 4.69) is 10.0 Å². The van der Waals surface area contributed by atoms with Crippen LogP contribution in [-0.2, 0) is 38.8 Å². The van der Waals surface area contributed by atoms with Crippen molar-refractivity contribution in [2.24, 2.45) is 5.11 Å². The molecule has 8 nitrogen and oxygen atoms in total. The fourth-order valence-corrected chi connectivity index (χ4v) is 5.25. The van der Waals surface area contributed by atoms with Crippen LogP contribution in [0.15, 0.2) is 126 Å². The maximum Gasteiger partial charge on any atom is 0.115 e. The Labute approximate surface area is 246 Å². The fourth-order valence-electron chi connectivity index (χ4n) is 5.25. The molecular formula is C34H35N3O5. The molecule has 1 N–H and O–H groups in total. The lowest BCUT2D eigenvalue weighted by Gasteiger charge is -2.47. The molecule has 42 heavy (non-hydrogen) atoms. The molecule has 1 unspecified atom stereocenters. The molecule has 0 saturated carbocycles. The number of nitrogens with zero attached hydrogens (tertiary/aromatic N) is 3. The van der Waals surface area contributed by atoms with Gasteiger partial charge in [-0.2, -0.15) is 0 Å². The number of benzene rings is 4. The van der Waals surface area contributed by atoms with E-state index in [0.717, 1.165) is 22.3 Å². The quantitative estimate of drug-likeness (QED) is 0.112. The van der Waals surface area contributed by atoms with Gasteiger partial charge in [0.05, 0.1) is 38.6 Å². The van der Waals surface area contributed by atoms with Gasteiger partial charge in [0, 0.05) is 4.91 Å². The second kappa shape index (κ2) is 15.3. The molecule has 6 atom stereocenters. The standard InChI is InChI=1S/C34H35N3O5/c35-37-36-30(28-19-11-4-12-20-28)32-34(41-24-27-17-9-3-10-18-27)33(40-23-26-15-7-2-8-16-26)31(29(21-38)42-32)39-22-25-13-5-1-6-14-25/h1-20,29-34,38H,21-24H2/t29-,30+,31-,32?,33+,34+/m1/s1. The topological polar surface area (TPSA) is 106 Å². The summed E-state index contributed by atoms with van der Waals surface area (Å²) in [5.74, 6) is 0. The summed E-state index contributed by atoms with van der Waals surface area (Å²) in [5.41, 5.74) is 13.3. The van der Waals surface area contributed by atoms with E-state index in [0.29, 0.717) is 13.2 Å². The Kier molecular flexibility index (Phi) is 10.7. The molecule has 1 fully saturated rings. The number of azide groups is 1. The number of aliphatic hydroxyl groups is 1. The molecule has 1 saturated heterocycles. The third-order valence-corrected chi connectivity index (χ3v) is 7.33. The molecule has 8 heteroatoms. The van der Waals surface area contributed by atoms with Crippen molar-refractivity contribution in [1.29, 1.82) is 0 Å². The first-order valence-electron chi connectivity index (χ1n) is 14.1. The largest absolute Gasteiger partial charge is 0.394 e. The highest BCUT2D eigenvalue weighted by molar-refractivity contribution is 5.23. The Morgan fingerprint density at radius 1 is 0.643 bits per heavy atom. The maximum absolute atomic E-state index is 10.6. The van der Waals surface area contributed by atoms with Crippen molar-refractivity contribution in [2.75, 3.05) is 6.61 Å².